The van der Waals surface area contributed by atoms with Gasteiger partial charge in [0.2, 0.25) is 11.8 Å². The van der Waals surface area contributed by atoms with Crippen molar-refractivity contribution in [2.45, 2.75) is 25.7 Å². The third kappa shape index (κ3) is 3.82. The van der Waals surface area contributed by atoms with Crippen molar-refractivity contribution in [2.24, 2.45) is 0 Å². The van der Waals surface area contributed by atoms with Crippen LogP contribution in [0.5, 0.6) is 0 Å². The second kappa shape index (κ2) is 6.71. The number of hydrogen-bond acceptors (Lipinski definition) is 3. The van der Waals surface area contributed by atoms with Crippen molar-refractivity contribution in [2.75, 3.05) is 18.4 Å². The number of rotatable bonds is 3. The first-order valence-corrected chi connectivity index (χ1v) is 6.77. The van der Waals surface area contributed by atoms with E-state index in [0.29, 0.717) is 24.2 Å². The van der Waals surface area contributed by atoms with Gasteiger partial charge in [-0.05, 0) is 37.1 Å². The largest absolute Gasteiger partial charge is 0.333 e. The van der Waals surface area contributed by atoms with Crippen LogP contribution in [-0.2, 0) is 9.59 Å². The number of nitrogens with zero attached hydrogens (tertiary/aromatic N) is 2. The smallest absolute Gasteiger partial charge is 0.243 e. The molecule has 0 aromatic heterocycles. The summed E-state index contributed by atoms with van der Waals surface area (Å²) in [5.74, 6) is -0.151. The van der Waals surface area contributed by atoms with Crippen LogP contribution >= 0.6 is 0 Å². The van der Waals surface area contributed by atoms with Crippen molar-refractivity contribution in [1.82, 2.24) is 4.90 Å². The van der Waals surface area contributed by atoms with Gasteiger partial charge in [-0.3, -0.25) is 9.59 Å². The molecule has 5 nitrogen and oxygen atoms in total. The molecule has 0 radical (unpaired) electrons. The predicted octanol–water partition coefficient (Wildman–Crippen LogP) is 1.90. The highest BCUT2D eigenvalue weighted by molar-refractivity contribution is 5.94. The summed E-state index contributed by atoms with van der Waals surface area (Å²) in [5.41, 5.74) is 1.18. The van der Waals surface area contributed by atoms with Crippen molar-refractivity contribution >= 4 is 17.5 Å². The van der Waals surface area contributed by atoms with Crippen molar-refractivity contribution in [1.29, 1.82) is 5.26 Å². The van der Waals surface area contributed by atoms with Crippen LogP contribution in [0.1, 0.15) is 31.2 Å². The maximum absolute atomic E-state index is 11.9. The minimum Gasteiger partial charge on any atom is -0.333 e. The molecule has 1 aliphatic heterocycles. The zero-order chi connectivity index (χ0) is 14.4. The van der Waals surface area contributed by atoms with E-state index in [9.17, 15) is 9.59 Å². The molecule has 1 aromatic carbocycles. The Hall–Kier alpha value is -2.35. The zero-order valence-corrected chi connectivity index (χ0v) is 11.3. The number of nitrogens with one attached hydrogen (secondary N) is 1. The molecule has 1 saturated heterocycles. The van der Waals surface area contributed by atoms with Crippen molar-refractivity contribution < 1.29 is 9.59 Å². The lowest BCUT2D eigenvalue weighted by Gasteiger charge is -2.19. The molecule has 1 aliphatic rings. The quantitative estimate of drug-likeness (QED) is 0.912. The van der Waals surface area contributed by atoms with Gasteiger partial charge in [-0.15, -0.1) is 0 Å². The Morgan fingerprint density at radius 2 is 2.00 bits per heavy atom. The second-order valence-corrected chi connectivity index (χ2v) is 4.86. The number of anilines is 1. The van der Waals surface area contributed by atoms with Gasteiger partial charge >= 0.3 is 0 Å². The van der Waals surface area contributed by atoms with Crippen LogP contribution in [0.4, 0.5) is 5.69 Å². The highest BCUT2D eigenvalue weighted by Gasteiger charge is 2.19. The Balaban J connectivity index is 1.91. The van der Waals surface area contributed by atoms with E-state index in [-0.39, 0.29) is 18.4 Å². The van der Waals surface area contributed by atoms with E-state index in [1.807, 2.05) is 6.07 Å². The first-order chi connectivity index (χ1) is 9.69. The fourth-order valence-electron chi connectivity index (χ4n) is 2.21. The molecule has 1 aromatic rings. The van der Waals surface area contributed by atoms with Crippen molar-refractivity contribution in [3.63, 3.8) is 0 Å². The van der Waals surface area contributed by atoms with E-state index in [1.165, 1.54) is 0 Å². The summed E-state index contributed by atoms with van der Waals surface area (Å²) < 4.78 is 0. The Morgan fingerprint density at radius 1 is 1.25 bits per heavy atom. The third-order valence-electron chi connectivity index (χ3n) is 3.30. The standard InChI is InChI=1S/C15H17N3O2/c16-10-12-5-7-13(8-6-12)17-14(19)11-18-9-3-1-2-4-15(18)20/h5-8H,1-4,9,11H2,(H,17,19). The summed E-state index contributed by atoms with van der Waals surface area (Å²) in [7, 11) is 0. The van der Waals surface area contributed by atoms with Crippen LogP contribution in [0.2, 0.25) is 0 Å². The van der Waals surface area contributed by atoms with Crippen LogP contribution in [0, 0.1) is 11.3 Å². The lowest BCUT2D eigenvalue weighted by atomic mass is 10.2. The summed E-state index contributed by atoms with van der Waals surface area (Å²) in [6.07, 6.45) is 3.44. The van der Waals surface area contributed by atoms with Gasteiger partial charge in [-0.2, -0.15) is 5.26 Å². The molecule has 2 amide bonds. The van der Waals surface area contributed by atoms with Crippen LogP contribution < -0.4 is 5.32 Å². The molecule has 1 heterocycles. The SMILES string of the molecule is N#Cc1ccc(NC(=O)CN2CCCCCC2=O)cc1. The monoisotopic (exact) mass is 271 g/mol. The van der Waals surface area contributed by atoms with Gasteiger partial charge in [0, 0.05) is 18.7 Å². The van der Waals surface area contributed by atoms with Crippen LogP contribution in [-0.4, -0.2) is 29.8 Å². The molecular weight excluding hydrogens is 254 g/mol. The first kappa shape index (κ1) is 14.1. The average Bonchev–Trinajstić information content (AvgIpc) is 2.65. The van der Waals surface area contributed by atoms with Crippen LogP contribution in [0.25, 0.3) is 0 Å². The summed E-state index contributed by atoms with van der Waals surface area (Å²) in [6.45, 7) is 0.748. The van der Waals surface area contributed by atoms with E-state index in [0.717, 1.165) is 19.3 Å². The van der Waals surface area contributed by atoms with Gasteiger partial charge in [-0.1, -0.05) is 6.42 Å². The lowest BCUT2D eigenvalue weighted by molar-refractivity contribution is -0.134. The van der Waals surface area contributed by atoms with E-state index in [2.05, 4.69) is 5.32 Å². The second-order valence-electron chi connectivity index (χ2n) is 4.86. The average molecular weight is 271 g/mol. The number of carbonyl (C=O) groups excluding carboxylic acids is 2. The molecule has 1 fully saturated rings. The number of amides is 2. The Morgan fingerprint density at radius 3 is 2.70 bits per heavy atom. The normalized spacial score (nSPS) is 15.3. The van der Waals surface area contributed by atoms with E-state index < -0.39 is 0 Å². The topological polar surface area (TPSA) is 73.2 Å². The van der Waals surface area contributed by atoms with E-state index in [1.54, 1.807) is 29.2 Å². The lowest BCUT2D eigenvalue weighted by Crippen LogP contribution is -2.37. The molecule has 104 valence electrons. The van der Waals surface area contributed by atoms with Gasteiger partial charge < -0.3 is 10.2 Å². The fourth-order valence-corrected chi connectivity index (χ4v) is 2.21. The van der Waals surface area contributed by atoms with Gasteiger partial charge in [-0.25, -0.2) is 0 Å². The van der Waals surface area contributed by atoms with Crippen LogP contribution in [0.3, 0.4) is 0 Å². The van der Waals surface area contributed by atoms with Gasteiger partial charge in [0.15, 0.2) is 0 Å². The van der Waals surface area contributed by atoms with Crippen LogP contribution in [0.15, 0.2) is 24.3 Å². The van der Waals surface area contributed by atoms with Gasteiger partial charge in [0.05, 0.1) is 18.2 Å². The summed E-state index contributed by atoms with van der Waals surface area (Å²) in [4.78, 5) is 25.3. The van der Waals surface area contributed by atoms with E-state index in [4.69, 9.17) is 5.26 Å². The number of benzene rings is 1. The minimum absolute atomic E-state index is 0.0532. The summed E-state index contributed by atoms with van der Waals surface area (Å²) >= 11 is 0. The molecule has 2 rings (SSSR count). The number of likely N-dealkylation sites (tertiary alicyclic amines) is 1. The highest BCUT2D eigenvalue weighted by atomic mass is 16.2. The molecule has 0 aliphatic carbocycles. The maximum atomic E-state index is 11.9. The highest BCUT2D eigenvalue weighted by Crippen LogP contribution is 2.12. The third-order valence-corrected chi connectivity index (χ3v) is 3.30. The maximum Gasteiger partial charge on any atom is 0.243 e. The molecule has 0 saturated carbocycles. The van der Waals surface area contributed by atoms with Crippen molar-refractivity contribution in [3.8, 4) is 6.07 Å². The molecule has 0 unspecified atom stereocenters. The molecule has 20 heavy (non-hydrogen) atoms. The number of hydrogen-bond donors (Lipinski definition) is 1. The minimum atomic E-state index is -0.204. The molecule has 5 heteroatoms. The Bertz CT molecular complexity index is 531. The number of carbonyl (C=O) groups is 2. The first-order valence-electron chi connectivity index (χ1n) is 6.77. The van der Waals surface area contributed by atoms with Gasteiger partial charge in [0.1, 0.15) is 0 Å². The zero-order valence-electron chi connectivity index (χ0n) is 11.3. The number of nitriles is 1. The Labute approximate surface area is 118 Å². The van der Waals surface area contributed by atoms with Gasteiger partial charge in [0.25, 0.3) is 0 Å². The molecule has 0 spiro atoms. The van der Waals surface area contributed by atoms with E-state index >= 15 is 0 Å². The molecule has 0 atom stereocenters. The molecule has 1 N–H and O–H groups in total. The molecule has 0 bridgehead atoms. The molecular formula is C15H17N3O2. The summed E-state index contributed by atoms with van der Waals surface area (Å²) in [5, 5.41) is 11.4. The van der Waals surface area contributed by atoms with Crippen molar-refractivity contribution in [3.05, 3.63) is 29.8 Å². The summed E-state index contributed by atoms with van der Waals surface area (Å²) in [6, 6.07) is 8.67. The Kier molecular flexibility index (Phi) is 4.72. The fraction of sp³-hybridized carbons (Fsp3) is 0.400. The predicted molar refractivity (Wildman–Crippen MR) is 74.8 cm³/mol.